The smallest absolute Gasteiger partial charge is 0.133 e. The molecule has 0 aliphatic heterocycles. The maximum Gasteiger partial charge on any atom is 0.133 e. The van der Waals surface area contributed by atoms with Crippen LogP contribution in [-0.4, -0.2) is 14.9 Å². The minimum atomic E-state index is -0.747. The molecule has 19 heavy (non-hydrogen) atoms. The van der Waals surface area contributed by atoms with Crippen molar-refractivity contribution in [2.45, 2.75) is 13.0 Å². The number of fused-ring (bicyclic) bond motifs is 1. The molecule has 1 N–H and O–H groups in total. The van der Waals surface area contributed by atoms with Crippen LogP contribution < -0.4 is 0 Å². The summed E-state index contributed by atoms with van der Waals surface area (Å²) in [5.41, 5.74) is 2.32. The van der Waals surface area contributed by atoms with Gasteiger partial charge < -0.3 is 5.11 Å². The quantitative estimate of drug-likeness (QED) is 0.782. The van der Waals surface area contributed by atoms with E-state index in [2.05, 4.69) is 5.10 Å². The minimum absolute atomic E-state index is 0.485. The second kappa shape index (κ2) is 4.63. The monoisotopic (exact) mass is 292 g/mol. The van der Waals surface area contributed by atoms with E-state index < -0.39 is 6.10 Å². The molecule has 0 fully saturated rings. The molecule has 5 heteroatoms. The van der Waals surface area contributed by atoms with Gasteiger partial charge in [0.1, 0.15) is 11.3 Å². The molecule has 0 spiro atoms. The van der Waals surface area contributed by atoms with Gasteiger partial charge in [0, 0.05) is 22.9 Å². The van der Waals surface area contributed by atoms with Crippen LogP contribution in [0, 0.1) is 6.92 Å². The molecule has 2 aromatic heterocycles. The Morgan fingerprint density at radius 1 is 1.37 bits per heavy atom. The number of halogens is 1. The van der Waals surface area contributed by atoms with E-state index in [-0.39, 0.29) is 0 Å². The zero-order valence-corrected chi connectivity index (χ0v) is 12.2. The molecule has 2 heterocycles. The first-order valence-electron chi connectivity index (χ1n) is 5.92. The van der Waals surface area contributed by atoms with Crippen LogP contribution in [0.15, 0.2) is 29.6 Å². The maximum absolute atomic E-state index is 10.7. The van der Waals surface area contributed by atoms with Gasteiger partial charge in [-0.25, -0.2) is 0 Å². The van der Waals surface area contributed by atoms with Gasteiger partial charge in [-0.1, -0.05) is 29.8 Å². The lowest BCUT2D eigenvalue weighted by molar-refractivity contribution is 0.221. The van der Waals surface area contributed by atoms with Crippen molar-refractivity contribution >= 4 is 33.0 Å². The maximum atomic E-state index is 10.7. The summed E-state index contributed by atoms with van der Waals surface area (Å²) in [5.74, 6) is 0. The molecule has 3 aromatic rings. The summed E-state index contributed by atoms with van der Waals surface area (Å²) in [6.45, 7) is 1.86. The van der Waals surface area contributed by atoms with Gasteiger partial charge in [0.15, 0.2) is 0 Å². The first-order valence-corrected chi connectivity index (χ1v) is 7.18. The molecule has 3 rings (SSSR count). The van der Waals surface area contributed by atoms with E-state index in [0.29, 0.717) is 10.7 Å². The first-order chi connectivity index (χ1) is 9.09. The van der Waals surface area contributed by atoms with E-state index in [1.165, 1.54) is 0 Å². The molecule has 0 aliphatic rings. The van der Waals surface area contributed by atoms with Crippen LogP contribution in [0.2, 0.25) is 5.15 Å². The number of aliphatic hydroxyl groups excluding tert-OH is 1. The van der Waals surface area contributed by atoms with Gasteiger partial charge >= 0.3 is 0 Å². The number of nitrogens with zero attached hydrogens (tertiary/aromatic N) is 2. The summed E-state index contributed by atoms with van der Waals surface area (Å²) in [6, 6.07) is 7.98. The SMILES string of the molecule is Cc1nn(C)c(Cl)c1C(O)c1cccc2ccsc12. The summed E-state index contributed by atoms with van der Waals surface area (Å²) in [7, 11) is 1.78. The second-order valence-corrected chi connectivity index (χ2v) is 5.78. The highest BCUT2D eigenvalue weighted by molar-refractivity contribution is 7.17. The third-order valence-corrected chi connectivity index (χ3v) is 4.70. The number of aryl methyl sites for hydroxylation is 2. The summed E-state index contributed by atoms with van der Waals surface area (Å²) in [6.07, 6.45) is -0.747. The number of rotatable bonds is 2. The molecule has 1 aromatic carbocycles. The van der Waals surface area contributed by atoms with Crippen LogP contribution in [0.3, 0.4) is 0 Å². The molecule has 0 aliphatic carbocycles. The van der Waals surface area contributed by atoms with E-state index in [9.17, 15) is 5.11 Å². The van der Waals surface area contributed by atoms with E-state index >= 15 is 0 Å². The summed E-state index contributed by atoms with van der Waals surface area (Å²) in [4.78, 5) is 0. The van der Waals surface area contributed by atoms with E-state index in [1.54, 1.807) is 23.1 Å². The Balaban J connectivity index is 2.18. The highest BCUT2D eigenvalue weighted by Gasteiger charge is 2.22. The lowest BCUT2D eigenvalue weighted by Crippen LogP contribution is -2.01. The number of hydrogen-bond acceptors (Lipinski definition) is 3. The zero-order valence-electron chi connectivity index (χ0n) is 10.6. The van der Waals surface area contributed by atoms with Crippen LogP contribution in [-0.2, 0) is 7.05 Å². The summed E-state index contributed by atoms with van der Waals surface area (Å²) < 4.78 is 2.68. The molecule has 0 bridgehead atoms. The lowest BCUT2D eigenvalue weighted by atomic mass is 10.0. The molecule has 0 radical (unpaired) electrons. The Morgan fingerprint density at radius 3 is 2.84 bits per heavy atom. The predicted molar refractivity (Wildman–Crippen MR) is 78.8 cm³/mol. The van der Waals surface area contributed by atoms with Crippen molar-refractivity contribution in [1.29, 1.82) is 0 Å². The van der Waals surface area contributed by atoms with Crippen molar-refractivity contribution in [2.24, 2.45) is 7.05 Å². The fourth-order valence-corrected chi connectivity index (χ4v) is 3.56. The molecule has 3 nitrogen and oxygen atoms in total. The first kappa shape index (κ1) is 12.7. The standard InChI is InChI=1S/C14H13ClN2OS/c1-8-11(14(15)17(2)16-8)12(18)10-5-3-4-9-6-7-19-13(9)10/h3-7,12,18H,1-2H3. The molecule has 0 amide bonds. The van der Waals surface area contributed by atoms with E-state index in [0.717, 1.165) is 21.3 Å². The Labute approximate surface area is 120 Å². The number of aliphatic hydroxyl groups is 1. The summed E-state index contributed by atoms with van der Waals surface area (Å²) >= 11 is 7.85. The molecule has 0 saturated carbocycles. The van der Waals surface area contributed by atoms with Crippen molar-refractivity contribution in [3.63, 3.8) is 0 Å². The van der Waals surface area contributed by atoms with Crippen LogP contribution in [0.1, 0.15) is 22.9 Å². The molecule has 1 unspecified atom stereocenters. The minimum Gasteiger partial charge on any atom is -0.383 e. The van der Waals surface area contributed by atoms with E-state index in [4.69, 9.17) is 11.6 Å². The molecular formula is C14H13ClN2OS. The third-order valence-electron chi connectivity index (χ3n) is 3.27. The molecule has 1 atom stereocenters. The topological polar surface area (TPSA) is 38.0 Å². The number of benzene rings is 1. The normalized spacial score (nSPS) is 13.1. The van der Waals surface area contributed by atoms with Gasteiger partial charge in [0.2, 0.25) is 0 Å². The number of thiophene rings is 1. The molecule has 0 saturated heterocycles. The third kappa shape index (κ3) is 1.96. The van der Waals surface area contributed by atoms with Gasteiger partial charge in [-0.3, -0.25) is 4.68 Å². The summed E-state index contributed by atoms with van der Waals surface area (Å²) in [5, 5.41) is 18.6. The fourth-order valence-electron chi connectivity index (χ4n) is 2.34. The fraction of sp³-hybridized carbons (Fsp3) is 0.214. The Hall–Kier alpha value is -1.36. The largest absolute Gasteiger partial charge is 0.383 e. The van der Waals surface area contributed by atoms with Crippen molar-refractivity contribution in [1.82, 2.24) is 9.78 Å². The predicted octanol–water partition coefficient (Wildman–Crippen LogP) is 3.68. The van der Waals surface area contributed by atoms with Crippen LogP contribution in [0.5, 0.6) is 0 Å². The average Bonchev–Trinajstić information content (AvgIpc) is 2.94. The van der Waals surface area contributed by atoms with E-state index in [1.807, 2.05) is 36.6 Å². The number of hydrogen-bond donors (Lipinski definition) is 1. The molecule has 98 valence electrons. The van der Waals surface area contributed by atoms with Gasteiger partial charge in [-0.15, -0.1) is 11.3 Å². The Bertz CT molecular complexity index is 747. The van der Waals surface area contributed by atoms with Crippen molar-refractivity contribution < 1.29 is 5.11 Å². The van der Waals surface area contributed by atoms with Gasteiger partial charge in [0.25, 0.3) is 0 Å². The van der Waals surface area contributed by atoms with Crippen molar-refractivity contribution in [3.8, 4) is 0 Å². The molecular weight excluding hydrogens is 280 g/mol. The van der Waals surface area contributed by atoms with Crippen molar-refractivity contribution in [3.05, 3.63) is 51.6 Å². The zero-order chi connectivity index (χ0) is 13.6. The Morgan fingerprint density at radius 2 is 2.16 bits per heavy atom. The number of aromatic nitrogens is 2. The van der Waals surface area contributed by atoms with Crippen LogP contribution in [0.4, 0.5) is 0 Å². The van der Waals surface area contributed by atoms with Gasteiger partial charge in [-0.05, 0) is 23.8 Å². The van der Waals surface area contributed by atoms with Crippen LogP contribution in [0.25, 0.3) is 10.1 Å². The lowest BCUT2D eigenvalue weighted by Gasteiger charge is -2.12. The Kier molecular flexibility index (Phi) is 3.09. The van der Waals surface area contributed by atoms with Crippen molar-refractivity contribution in [2.75, 3.05) is 0 Å². The highest BCUT2D eigenvalue weighted by atomic mass is 35.5. The second-order valence-electron chi connectivity index (χ2n) is 4.50. The van der Waals surface area contributed by atoms with Gasteiger partial charge in [0.05, 0.1) is 5.69 Å². The van der Waals surface area contributed by atoms with Gasteiger partial charge in [-0.2, -0.15) is 5.10 Å². The average molecular weight is 293 g/mol. The highest BCUT2D eigenvalue weighted by Crippen LogP contribution is 2.36. The van der Waals surface area contributed by atoms with Crippen LogP contribution >= 0.6 is 22.9 Å².